The topological polar surface area (TPSA) is 20.2 Å². The first-order valence-corrected chi connectivity index (χ1v) is 4.71. The predicted molar refractivity (Wildman–Crippen MR) is 49.7 cm³/mol. The summed E-state index contributed by atoms with van der Waals surface area (Å²) < 4.78 is 0. The SMILES string of the molecule is CC1=C[P]C(C(C)(C)O)=C1C. The molecule has 1 nitrogen and oxygen atoms in total. The van der Waals surface area contributed by atoms with Gasteiger partial charge in [0.25, 0.3) is 0 Å². The second-order valence-corrected chi connectivity index (χ2v) is 4.44. The van der Waals surface area contributed by atoms with Crippen LogP contribution in [0.2, 0.25) is 0 Å². The molecule has 0 aliphatic carbocycles. The van der Waals surface area contributed by atoms with Crippen molar-refractivity contribution in [1.29, 1.82) is 0 Å². The molecule has 61 valence electrons. The molecule has 1 N–H and O–H groups in total. The van der Waals surface area contributed by atoms with Crippen molar-refractivity contribution in [3.8, 4) is 0 Å². The summed E-state index contributed by atoms with van der Waals surface area (Å²) in [5.41, 5.74) is 1.89. The first kappa shape index (κ1) is 8.96. The number of rotatable bonds is 1. The molecule has 0 atom stereocenters. The van der Waals surface area contributed by atoms with Crippen LogP contribution < -0.4 is 0 Å². The van der Waals surface area contributed by atoms with E-state index in [9.17, 15) is 5.11 Å². The predicted octanol–water partition coefficient (Wildman–Crippen LogP) is 2.89. The van der Waals surface area contributed by atoms with Crippen molar-refractivity contribution in [1.82, 2.24) is 0 Å². The van der Waals surface area contributed by atoms with Gasteiger partial charge in [0.2, 0.25) is 0 Å². The van der Waals surface area contributed by atoms with E-state index < -0.39 is 5.60 Å². The van der Waals surface area contributed by atoms with E-state index in [1.54, 1.807) is 0 Å². The Morgan fingerprint density at radius 2 is 1.91 bits per heavy atom. The summed E-state index contributed by atoms with van der Waals surface area (Å²) >= 11 is 0. The number of aliphatic hydroxyl groups is 1. The Balaban J connectivity index is 2.95. The van der Waals surface area contributed by atoms with E-state index in [0.29, 0.717) is 0 Å². The smallest absolute Gasteiger partial charge is 0.0853 e. The first-order valence-electron chi connectivity index (χ1n) is 3.74. The van der Waals surface area contributed by atoms with E-state index in [0.717, 1.165) is 13.9 Å². The summed E-state index contributed by atoms with van der Waals surface area (Å²) in [6.45, 7) is 7.83. The van der Waals surface area contributed by atoms with E-state index in [2.05, 4.69) is 19.7 Å². The van der Waals surface area contributed by atoms with Crippen molar-refractivity contribution >= 4 is 8.58 Å². The molecule has 11 heavy (non-hydrogen) atoms. The summed E-state index contributed by atoms with van der Waals surface area (Å²) in [5, 5.41) is 10.8. The van der Waals surface area contributed by atoms with E-state index in [4.69, 9.17) is 0 Å². The Morgan fingerprint density at radius 1 is 1.36 bits per heavy atom. The van der Waals surface area contributed by atoms with Gasteiger partial charge in [-0.15, -0.1) is 0 Å². The van der Waals surface area contributed by atoms with Gasteiger partial charge in [0.1, 0.15) is 0 Å². The Morgan fingerprint density at radius 3 is 2.09 bits per heavy atom. The van der Waals surface area contributed by atoms with E-state index in [1.165, 1.54) is 11.1 Å². The van der Waals surface area contributed by atoms with Gasteiger partial charge in [0.05, 0.1) is 5.60 Å². The number of hydrogen-bond acceptors (Lipinski definition) is 1. The van der Waals surface area contributed by atoms with Crippen molar-refractivity contribution in [2.75, 3.05) is 0 Å². The third-order valence-electron chi connectivity index (χ3n) is 1.91. The standard InChI is InChI=1S/C9H14OP/c1-6-5-11-8(7(6)2)9(3,4)10/h5,10H,1-4H3. The zero-order chi connectivity index (χ0) is 8.65. The summed E-state index contributed by atoms with van der Waals surface area (Å²) in [7, 11) is 1.16. The molecule has 1 heterocycles. The maximum absolute atomic E-state index is 9.71. The Bertz CT molecular complexity index is 230. The van der Waals surface area contributed by atoms with E-state index >= 15 is 0 Å². The summed E-state index contributed by atoms with van der Waals surface area (Å²) in [5.74, 6) is 2.14. The minimum atomic E-state index is -0.653. The minimum Gasteiger partial charge on any atom is -0.386 e. The monoisotopic (exact) mass is 169 g/mol. The molecule has 1 aliphatic rings. The molecule has 0 saturated carbocycles. The highest BCUT2D eigenvalue weighted by molar-refractivity contribution is 7.47. The van der Waals surface area contributed by atoms with Gasteiger partial charge >= 0.3 is 0 Å². The lowest BCUT2D eigenvalue weighted by Crippen LogP contribution is -2.19. The van der Waals surface area contributed by atoms with Gasteiger partial charge in [-0.05, 0) is 58.6 Å². The fourth-order valence-electron chi connectivity index (χ4n) is 1.16. The molecule has 0 fully saturated rings. The maximum Gasteiger partial charge on any atom is 0.0853 e. The molecule has 0 saturated heterocycles. The molecular weight excluding hydrogens is 155 g/mol. The van der Waals surface area contributed by atoms with Gasteiger partial charge in [-0.3, -0.25) is 0 Å². The fraction of sp³-hybridized carbons (Fsp3) is 0.556. The third kappa shape index (κ3) is 1.72. The second-order valence-electron chi connectivity index (χ2n) is 3.47. The zero-order valence-corrected chi connectivity index (χ0v) is 8.37. The molecule has 0 bridgehead atoms. The van der Waals surface area contributed by atoms with Crippen molar-refractivity contribution in [3.05, 3.63) is 22.3 Å². The van der Waals surface area contributed by atoms with Crippen LogP contribution >= 0.6 is 8.58 Å². The van der Waals surface area contributed by atoms with Crippen LogP contribution in [0.3, 0.4) is 0 Å². The van der Waals surface area contributed by atoms with Crippen LogP contribution in [0.15, 0.2) is 22.3 Å². The fourth-order valence-corrected chi connectivity index (χ4v) is 2.36. The Labute approximate surface area is 70.0 Å². The van der Waals surface area contributed by atoms with E-state index in [-0.39, 0.29) is 0 Å². The van der Waals surface area contributed by atoms with Gasteiger partial charge in [0, 0.05) is 0 Å². The second kappa shape index (κ2) is 2.73. The first-order chi connectivity index (χ1) is 4.93. The summed E-state index contributed by atoms with van der Waals surface area (Å²) in [6, 6.07) is 0. The van der Waals surface area contributed by atoms with Crippen LogP contribution in [-0.4, -0.2) is 10.7 Å². The third-order valence-corrected chi connectivity index (χ3v) is 3.57. The normalized spacial score (nSPS) is 21.4. The number of hydrogen-bond donors (Lipinski definition) is 1. The van der Waals surface area contributed by atoms with Gasteiger partial charge in [-0.2, -0.15) is 0 Å². The molecular formula is C9H14OP. The molecule has 0 amide bonds. The molecule has 1 radical (unpaired) electrons. The largest absolute Gasteiger partial charge is 0.386 e. The highest BCUT2D eigenvalue weighted by atomic mass is 31.1. The van der Waals surface area contributed by atoms with E-state index in [1.807, 2.05) is 13.8 Å². The molecule has 0 unspecified atom stereocenters. The number of allylic oxidation sites excluding steroid dienone is 2. The van der Waals surface area contributed by atoms with Gasteiger partial charge in [-0.25, -0.2) is 0 Å². The van der Waals surface area contributed by atoms with Crippen LogP contribution in [0.1, 0.15) is 27.7 Å². The molecule has 0 aromatic carbocycles. The highest BCUT2D eigenvalue weighted by Crippen LogP contribution is 2.44. The average Bonchev–Trinajstić information content (AvgIpc) is 2.11. The van der Waals surface area contributed by atoms with Crippen LogP contribution in [0.25, 0.3) is 0 Å². The van der Waals surface area contributed by atoms with Crippen LogP contribution in [-0.2, 0) is 0 Å². The van der Waals surface area contributed by atoms with Crippen molar-refractivity contribution in [2.45, 2.75) is 33.3 Å². The van der Waals surface area contributed by atoms with Crippen molar-refractivity contribution < 1.29 is 5.11 Å². The lowest BCUT2D eigenvalue weighted by atomic mass is 10.0. The quantitative estimate of drug-likeness (QED) is 0.598. The highest BCUT2D eigenvalue weighted by Gasteiger charge is 2.24. The lowest BCUT2D eigenvalue weighted by molar-refractivity contribution is 0.128. The molecule has 0 aromatic heterocycles. The average molecular weight is 169 g/mol. The molecule has 1 rings (SSSR count). The summed E-state index contributed by atoms with van der Waals surface area (Å²) in [4.78, 5) is 0. The van der Waals surface area contributed by atoms with Crippen molar-refractivity contribution in [2.24, 2.45) is 0 Å². The van der Waals surface area contributed by atoms with Gasteiger partial charge < -0.3 is 5.11 Å². The molecule has 2 heteroatoms. The Hall–Kier alpha value is -0.130. The summed E-state index contributed by atoms with van der Waals surface area (Å²) in [6.07, 6.45) is 0. The zero-order valence-electron chi connectivity index (χ0n) is 7.47. The van der Waals surface area contributed by atoms with Crippen LogP contribution in [0.5, 0.6) is 0 Å². The maximum atomic E-state index is 9.71. The van der Waals surface area contributed by atoms with Crippen molar-refractivity contribution in [3.63, 3.8) is 0 Å². The van der Waals surface area contributed by atoms with Gasteiger partial charge in [-0.1, -0.05) is 0 Å². The Kier molecular flexibility index (Phi) is 2.22. The molecule has 0 aromatic rings. The molecule has 1 aliphatic heterocycles. The van der Waals surface area contributed by atoms with Gasteiger partial charge in [0.15, 0.2) is 0 Å². The minimum absolute atomic E-state index is 0.653. The lowest BCUT2D eigenvalue weighted by Gasteiger charge is -2.19. The van der Waals surface area contributed by atoms with Crippen LogP contribution in [0, 0.1) is 0 Å². The van der Waals surface area contributed by atoms with Crippen LogP contribution in [0.4, 0.5) is 0 Å². The molecule has 0 spiro atoms.